The summed E-state index contributed by atoms with van der Waals surface area (Å²) in [5.41, 5.74) is 3.28. The van der Waals surface area contributed by atoms with Crippen molar-refractivity contribution in [3.63, 3.8) is 0 Å². The Bertz CT molecular complexity index is 827. The molecule has 0 aliphatic carbocycles. The van der Waals surface area contributed by atoms with Crippen molar-refractivity contribution >= 4 is 29.1 Å². The van der Waals surface area contributed by atoms with Gasteiger partial charge in [0, 0.05) is 13.1 Å². The van der Waals surface area contributed by atoms with E-state index in [4.69, 9.17) is 33.0 Å². The van der Waals surface area contributed by atoms with Crippen molar-refractivity contribution in [1.29, 1.82) is 0 Å². The zero-order valence-electron chi connectivity index (χ0n) is 16.0. The predicted octanol–water partition coefficient (Wildman–Crippen LogP) is 4.73. The van der Waals surface area contributed by atoms with Gasteiger partial charge >= 0.3 is 0 Å². The van der Waals surface area contributed by atoms with Gasteiger partial charge in [-0.25, -0.2) is 4.68 Å². The average molecular weight is 410 g/mol. The molecule has 1 aromatic carbocycles. The van der Waals surface area contributed by atoms with E-state index in [1.165, 1.54) is 0 Å². The molecule has 1 amide bonds. The van der Waals surface area contributed by atoms with Crippen LogP contribution in [0.2, 0.25) is 10.0 Å². The monoisotopic (exact) mass is 409 g/mol. The molecule has 0 N–H and O–H groups in total. The molecule has 2 aromatic rings. The van der Waals surface area contributed by atoms with Crippen molar-refractivity contribution < 1.29 is 9.53 Å². The van der Waals surface area contributed by atoms with E-state index in [0.717, 1.165) is 35.5 Å². The zero-order valence-corrected chi connectivity index (χ0v) is 17.5. The summed E-state index contributed by atoms with van der Waals surface area (Å²) in [4.78, 5) is 15.2. The third-order valence-corrected chi connectivity index (χ3v) is 5.43. The molecule has 7 heteroatoms. The number of rotatable bonds is 5. The lowest BCUT2D eigenvalue weighted by Crippen LogP contribution is -2.41. The van der Waals surface area contributed by atoms with E-state index in [1.807, 2.05) is 15.6 Å². The van der Waals surface area contributed by atoms with Gasteiger partial charge in [0.25, 0.3) is 5.91 Å². The molecule has 5 nitrogen and oxygen atoms in total. The maximum absolute atomic E-state index is 13.4. The maximum Gasteiger partial charge on any atom is 0.257 e. The van der Waals surface area contributed by atoms with Crippen molar-refractivity contribution in [3.05, 3.63) is 45.2 Å². The van der Waals surface area contributed by atoms with Crippen LogP contribution in [0.25, 0.3) is 5.69 Å². The van der Waals surface area contributed by atoms with E-state index in [1.54, 1.807) is 12.1 Å². The van der Waals surface area contributed by atoms with Gasteiger partial charge in [0.05, 0.1) is 45.9 Å². The number of nitrogens with zero attached hydrogens (tertiary/aromatic N) is 3. The second-order valence-electron chi connectivity index (χ2n) is 7.03. The SMILES string of the molecule is CCCc1nn(-c2ccc(Cl)c(Cl)c2)c(C(C)C)c1C(=O)N1CCOCC1. The predicted molar refractivity (Wildman–Crippen MR) is 108 cm³/mol. The number of aryl methyl sites for hydroxylation is 1. The van der Waals surface area contributed by atoms with Crippen LogP contribution in [0.5, 0.6) is 0 Å². The number of benzene rings is 1. The summed E-state index contributed by atoms with van der Waals surface area (Å²) in [6.07, 6.45) is 1.67. The number of amides is 1. The summed E-state index contributed by atoms with van der Waals surface area (Å²) in [6.45, 7) is 8.63. The van der Waals surface area contributed by atoms with Gasteiger partial charge in [-0.05, 0) is 30.5 Å². The van der Waals surface area contributed by atoms with Crippen LogP contribution < -0.4 is 0 Å². The molecule has 0 radical (unpaired) electrons. The molecule has 1 aliphatic heterocycles. The Kier molecular flexibility index (Phi) is 6.45. The van der Waals surface area contributed by atoms with Crippen LogP contribution in [-0.2, 0) is 11.2 Å². The third kappa shape index (κ3) is 4.15. The smallest absolute Gasteiger partial charge is 0.257 e. The molecule has 1 fully saturated rings. The van der Waals surface area contributed by atoms with Crippen LogP contribution in [0.15, 0.2) is 18.2 Å². The van der Waals surface area contributed by atoms with Crippen molar-refractivity contribution in [3.8, 4) is 5.69 Å². The number of hydrogen-bond acceptors (Lipinski definition) is 3. The zero-order chi connectivity index (χ0) is 19.6. The minimum Gasteiger partial charge on any atom is -0.378 e. The lowest BCUT2D eigenvalue weighted by atomic mass is 10.00. The minimum absolute atomic E-state index is 0.0387. The Balaban J connectivity index is 2.14. The number of aromatic nitrogens is 2. The lowest BCUT2D eigenvalue weighted by Gasteiger charge is -2.27. The highest BCUT2D eigenvalue weighted by Crippen LogP contribution is 2.31. The van der Waals surface area contributed by atoms with Crippen LogP contribution in [0.3, 0.4) is 0 Å². The van der Waals surface area contributed by atoms with Gasteiger partial charge in [-0.15, -0.1) is 0 Å². The van der Waals surface area contributed by atoms with E-state index in [-0.39, 0.29) is 11.8 Å². The van der Waals surface area contributed by atoms with Crippen molar-refractivity contribution in [2.75, 3.05) is 26.3 Å². The number of carbonyl (C=O) groups is 1. The summed E-state index contributed by atoms with van der Waals surface area (Å²) in [5.74, 6) is 0.161. The molecule has 2 heterocycles. The van der Waals surface area contributed by atoms with Crippen LogP contribution in [0, 0.1) is 0 Å². The number of hydrogen-bond donors (Lipinski definition) is 0. The Hall–Kier alpha value is -1.56. The Morgan fingerprint density at radius 3 is 2.52 bits per heavy atom. The van der Waals surface area contributed by atoms with Crippen LogP contribution >= 0.6 is 23.2 Å². The molecule has 0 spiro atoms. The maximum atomic E-state index is 13.4. The summed E-state index contributed by atoms with van der Waals surface area (Å²) < 4.78 is 7.25. The molecule has 1 aromatic heterocycles. The van der Waals surface area contributed by atoms with E-state index in [2.05, 4.69) is 20.8 Å². The van der Waals surface area contributed by atoms with Gasteiger partial charge in [0.2, 0.25) is 0 Å². The van der Waals surface area contributed by atoms with Gasteiger partial charge in [-0.3, -0.25) is 4.79 Å². The van der Waals surface area contributed by atoms with Crippen LogP contribution in [0.1, 0.15) is 54.9 Å². The molecule has 27 heavy (non-hydrogen) atoms. The van der Waals surface area contributed by atoms with Crippen LogP contribution in [-0.4, -0.2) is 46.9 Å². The second kappa shape index (κ2) is 8.63. The summed E-state index contributed by atoms with van der Waals surface area (Å²) in [7, 11) is 0. The standard InChI is InChI=1S/C20H25Cl2N3O2/c1-4-5-17-18(20(26)24-8-10-27-11-9-24)19(13(2)3)25(23-17)14-6-7-15(21)16(22)12-14/h6-7,12-13H,4-5,8-11H2,1-3H3. The molecule has 0 atom stereocenters. The Morgan fingerprint density at radius 1 is 1.22 bits per heavy atom. The molecule has 0 bridgehead atoms. The highest BCUT2D eigenvalue weighted by molar-refractivity contribution is 6.42. The highest BCUT2D eigenvalue weighted by Gasteiger charge is 2.30. The fraction of sp³-hybridized carbons (Fsp3) is 0.500. The summed E-state index contributed by atoms with van der Waals surface area (Å²) in [5, 5.41) is 5.78. The van der Waals surface area contributed by atoms with Gasteiger partial charge in [0.15, 0.2) is 0 Å². The molecule has 1 saturated heterocycles. The molecule has 146 valence electrons. The van der Waals surface area contributed by atoms with E-state index in [9.17, 15) is 4.79 Å². The van der Waals surface area contributed by atoms with Crippen molar-refractivity contribution in [1.82, 2.24) is 14.7 Å². The number of ether oxygens (including phenoxy) is 1. The summed E-state index contributed by atoms with van der Waals surface area (Å²) >= 11 is 12.3. The largest absolute Gasteiger partial charge is 0.378 e. The molecular weight excluding hydrogens is 385 g/mol. The molecule has 0 unspecified atom stereocenters. The Morgan fingerprint density at radius 2 is 1.93 bits per heavy atom. The highest BCUT2D eigenvalue weighted by atomic mass is 35.5. The van der Waals surface area contributed by atoms with E-state index < -0.39 is 0 Å². The normalized spacial score (nSPS) is 14.8. The second-order valence-corrected chi connectivity index (χ2v) is 7.84. The van der Waals surface area contributed by atoms with Gasteiger partial charge in [-0.2, -0.15) is 5.10 Å². The number of carbonyl (C=O) groups excluding carboxylic acids is 1. The number of morpholine rings is 1. The fourth-order valence-corrected chi connectivity index (χ4v) is 3.69. The fourth-order valence-electron chi connectivity index (χ4n) is 3.39. The first-order chi connectivity index (χ1) is 12.9. The molecular formula is C20H25Cl2N3O2. The number of halogens is 2. The molecule has 3 rings (SSSR count). The first-order valence-electron chi connectivity index (χ1n) is 9.38. The van der Waals surface area contributed by atoms with Gasteiger partial charge in [-0.1, -0.05) is 50.4 Å². The quantitative estimate of drug-likeness (QED) is 0.716. The first-order valence-corrected chi connectivity index (χ1v) is 10.1. The van der Waals surface area contributed by atoms with Crippen molar-refractivity contribution in [2.24, 2.45) is 0 Å². The third-order valence-electron chi connectivity index (χ3n) is 4.69. The Labute approximate surface area is 170 Å². The lowest BCUT2D eigenvalue weighted by molar-refractivity contribution is 0.0301. The topological polar surface area (TPSA) is 47.4 Å². The van der Waals surface area contributed by atoms with Gasteiger partial charge < -0.3 is 9.64 Å². The van der Waals surface area contributed by atoms with E-state index >= 15 is 0 Å². The van der Waals surface area contributed by atoms with Gasteiger partial charge in [0.1, 0.15) is 0 Å². The van der Waals surface area contributed by atoms with Crippen LogP contribution in [0.4, 0.5) is 0 Å². The molecule has 1 aliphatic rings. The van der Waals surface area contributed by atoms with Crippen molar-refractivity contribution in [2.45, 2.75) is 39.5 Å². The molecule has 0 saturated carbocycles. The van der Waals surface area contributed by atoms with E-state index in [0.29, 0.717) is 36.3 Å². The summed E-state index contributed by atoms with van der Waals surface area (Å²) in [6, 6.07) is 5.43. The first kappa shape index (κ1) is 20.2. The minimum atomic E-state index is 0.0387. The average Bonchev–Trinajstić information content (AvgIpc) is 3.04.